The van der Waals surface area contributed by atoms with Gasteiger partial charge in [-0.25, -0.2) is 0 Å². The summed E-state index contributed by atoms with van der Waals surface area (Å²) >= 11 is 2.29. The van der Waals surface area contributed by atoms with Crippen molar-refractivity contribution >= 4 is 39.9 Å². The van der Waals surface area contributed by atoms with E-state index in [2.05, 4.69) is 16.0 Å². The van der Waals surface area contributed by atoms with Crippen LogP contribution in [-0.4, -0.2) is 80.7 Å². The average molecular weight is 426 g/mol. The quantitative estimate of drug-likeness (QED) is 0.316. The predicted octanol–water partition coefficient (Wildman–Crippen LogP) is -1.44. The van der Waals surface area contributed by atoms with E-state index in [1.807, 2.05) is 0 Å². The Hall–Kier alpha value is -1.68. The first-order valence-corrected chi connectivity index (χ1v) is 8.05. The normalized spacial score (nSPS) is 31.6. The second kappa shape index (κ2) is 8.61. The van der Waals surface area contributed by atoms with Gasteiger partial charge in [-0.1, -0.05) is 0 Å². The first-order valence-electron chi connectivity index (χ1n) is 7.19. The summed E-state index contributed by atoms with van der Waals surface area (Å²) in [6.07, 6.45) is -5.40. The zero-order valence-electron chi connectivity index (χ0n) is 14.0. The molecule has 11 heteroatoms. The molecule has 25 heavy (non-hydrogen) atoms. The number of carbonyl (C=O) groups is 4. The van der Waals surface area contributed by atoms with Gasteiger partial charge in [0, 0.05) is 0 Å². The van der Waals surface area contributed by atoms with Crippen molar-refractivity contribution in [2.24, 2.45) is 0 Å². The number of hydrogen-bond acceptors (Lipinski definition) is 10. The van der Waals surface area contributed by atoms with Crippen LogP contribution in [0.2, 0.25) is 0 Å². The maximum absolute atomic E-state index is 11.4. The van der Waals surface area contributed by atoms with Crippen molar-refractivity contribution in [2.75, 3.05) is 6.61 Å². The SMILES string of the molecule is CC(=O)OC[C@H]1O[C@](O)([Se])[C@H](OC(C)=O)[C@@H](OC(C)=O)[C@H]1OC(C)=O. The minimum absolute atomic E-state index is 0.401. The van der Waals surface area contributed by atoms with Crippen LogP contribution >= 0.6 is 0 Å². The second-order valence-corrected chi connectivity index (χ2v) is 6.49. The summed E-state index contributed by atoms with van der Waals surface area (Å²) in [5, 5.41) is 10.4. The van der Waals surface area contributed by atoms with Crippen molar-refractivity contribution in [2.45, 2.75) is 56.8 Å². The molecular weight excluding hydrogens is 407 g/mol. The first-order chi connectivity index (χ1) is 11.4. The van der Waals surface area contributed by atoms with Crippen LogP contribution in [0.5, 0.6) is 0 Å². The number of esters is 4. The Balaban J connectivity index is 3.24. The average Bonchev–Trinajstić information content (AvgIpc) is 2.42. The van der Waals surface area contributed by atoms with E-state index in [-0.39, 0.29) is 0 Å². The zero-order valence-corrected chi connectivity index (χ0v) is 15.8. The summed E-state index contributed by atoms with van der Waals surface area (Å²) in [4.78, 5) is 45.2. The molecule has 1 heterocycles. The van der Waals surface area contributed by atoms with Crippen LogP contribution in [0.1, 0.15) is 27.7 Å². The summed E-state index contributed by atoms with van der Waals surface area (Å²) in [6, 6.07) is 0. The summed E-state index contributed by atoms with van der Waals surface area (Å²) in [5.41, 5.74) is 0. The third-order valence-electron chi connectivity index (χ3n) is 3.02. The van der Waals surface area contributed by atoms with Crippen LogP contribution in [-0.2, 0) is 42.9 Å². The molecule has 1 aliphatic heterocycles. The van der Waals surface area contributed by atoms with Gasteiger partial charge in [0.25, 0.3) is 0 Å². The fourth-order valence-corrected chi connectivity index (χ4v) is 2.89. The molecule has 1 N–H and O–H groups in total. The molecule has 0 spiro atoms. The second-order valence-electron chi connectivity index (χ2n) is 5.27. The van der Waals surface area contributed by atoms with Gasteiger partial charge in [0.05, 0.1) is 0 Å². The van der Waals surface area contributed by atoms with E-state index in [4.69, 9.17) is 23.7 Å². The zero-order chi connectivity index (χ0) is 19.4. The molecule has 141 valence electrons. The molecular formula is C14H19O10Se. The fraction of sp³-hybridized carbons (Fsp3) is 0.714. The molecule has 0 aromatic carbocycles. The molecule has 0 aromatic heterocycles. The van der Waals surface area contributed by atoms with Crippen LogP contribution < -0.4 is 0 Å². The summed E-state index contributed by atoms with van der Waals surface area (Å²) in [6.45, 7) is 4.02. The number of hydrogen-bond donors (Lipinski definition) is 1. The van der Waals surface area contributed by atoms with Crippen molar-refractivity contribution in [3.8, 4) is 0 Å². The Bertz CT molecular complexity index is 546. The van der Waals surface area contributed by atoms with E-state index in [1.165, 1.54) is 0 Å². The fourth-order valence-electron chi connectivity index (χ4n) is 2.25. The van der Waals surface area contributed by atoms with E-state index in [9.17, 15) is 24.3 Å². The van der Waals surface area contributed by atoms with Gasteiger partial charge < -0.3 is 0 Å². The van der Waals surface area contributed by atoms with Gasteiger partial charge in [0.15, 0.2) is 0 Å². The van der Waals surface area contributed by atoms with Crippen molar-refractivity contribution in [3.05, 3.63) is 0 Å². The Morgan fingerprint density at radius 1 is 0.920 bits per heavy atom. The third-order valence-corrected chi connectivity index (χ3v) is 3.71. The van der Waals surface area contributed by atoms with Gasteiger partial charge in [0.1, 0.15) is 0 Å². The molecule has 0 amide bonds. The molecule has 5 atom stereocenters. The molecule has 1 aliphatic rings. The number of carbonyl (C=O) groups excluding carboxylic acids is 4. The van der Waals surface area contributed by atoms with Crippen LogP contribution in [0, 0.1) is 0 Å². The van der Waals surface area contributed by atoms with E-state index in [1.54, 1.807) is 0 Å². The van der Waals surface area contributed by atoms with Gasteiger partial charge in [0.2, 0.25) is 0 Å². The number of ether oxygens (including phenoxy) is 5. The van der Waals surface area contributed by atoms with E-state index in [0.29, 0.717) is 0 Å². The third kappa shape index (κ3) is 6.28. The Morgan fingerprint density at radius 2 is 1.40 bits per heavy atom. The van der Waals surface area contributed by atoms with Gasteiger partial charge in [-0.05, 0) is 0 Å². The topological polar surface area (TPSA) is 135 Å². The van der Waals surface area contributed by atoms with Crippen molar-refractivity contribution in [1.29, 1.82) is 0 Å². The molecule has 1 radical (unpaired) electrons. The van der Waals surface area contributed by atoms with Crippen LogP contribution in [0.15, 0.2) is 0 Å². The van der Waals surface area contributed by atoms with Crippen LogP contribution in [0.3, 0.4) is 0 Å². The molecule has 10 nitrogen and oxygen atoms in total. The van der Waals surface area contributed by atoms with Crippen molar-refractivity contribution in [3.63, 3.8) is 0 Å². The van der Waals surface area contributed by atoms with Gasteiger partial charge >= 0.3 is 151 Å². The maximum atomic E-state index is 11.4. The molecule has 1 fully saturated rings. The summed E-state index contributed by atoms with van der Waals surface area (Å²) < 4.78 is 23.1. The van der Waals surface area contributed by atoms with Gasteiger partial charge in [-0.2, -0.15) is 0 Å². The number of rotatable bonds is 5. The molecule has 1 rings (SSSR count). The standard InChI is InChI=1S/C14H19O10Se/c1-6(15)20-5-10-11(21-7(2)16)12(22-8(3)17)13(23-9(4)18)14(19,25)24-10/h10-13,19H,5H2,1-4H3/t10-,11+,12+,13-,14+/m1/s1. The molecule has 0 aromatic rings. The Morgan fingerprint density at radius 3 is 1.84 bits per heavy atom. The predicted molar refractivity (Wildman–Crippen MR) is 78.9 cm³/mol. The minimum atomic E-state index is -2.22. The summed E-state index contributed by atoms with van der Waals surface area (Å²) in [5.74, 6) is -2.95. The van der Waals surface area contributed by atoms with Crippen LogP contribution in [0.4, 0.5) is 0 Å². The van der Waals surface area contributed by atoms with Crippen LogP contribution in [0.25, 0.3) is 0 Å². The Kier molecular flexibility index (Phi) is 7.36. The molecule has 0 saturated carbocycles. The number of aliphatic hydroxyl groups is 1. The van der Waals surface area contributed by atoms with Gasteiger partial charge in [-0.15, -0.1) is 0 Å². The molecule has 0 unspecified atom stereocenters. The Labute approximate surface area is 151 Å². The van der Waals surface area contributed by atoms with Crippen molar-refractivity contribution in [1.82, 2.24) is 0 Å². The van der Waals surface area contributed by atoms with Crippen molar-refractivity contribution < 1.29 is 48.0 Å². The molecule has 1 saturated heterocycles. The first kappa shape index (κ1) is 21.4. The summed E-state index contributed by atoms with van der Waals surface area (Å²) in [7, 11) is 0. The monoisotopic (exact) mass is 427 g/mol. The molecule has 0 aliphatic carbocycles. The van der Waals surface area contributed by atoms with E-state index < -0.39 is 59.6 Å². The molecule has 0 bridgehead atoms. The van der Waals surface area contributed by atoms with Gasteiger partial charge in [-0.3, -0.25) is 0 Å². The van der Waals surface area contributed by atoms with E-state index >= 15 is 0 Å². The van der Waals surface area contributed by atoms with E-state index in [0.717, 1.165) is 27.7 Å².